The highest BCUT2D eigenvalue weighted by Gasteiger charge is 2.29. The van der Waals surface area contributed by atoms with E-state index in [0.29, 0.717) is 18.2 Å². The summed E-state index contributed by atoms with van der Waals surface area (Å²) in [6, 6.07) is 0. The minimum absolute atomic E-state index is 0.0808. The molecular weight excluding hydrogens is 208 g/mol. The van der Waals surface area contributed by atoms with Crippen molar-refractivity contribution in [2.24, 2.45) is 5.92 Å². The Bertz CT molecular complexity index is 352. The molecule has 1 aromatic heterocycles. The van der Waals surface area contributed by atoms with Gasteiger partial charge in [0.1, 0.15) is 0 Å². The van der Waals surface area contributed by atoms with E-state index in [4.69, 9.17) is 4.74 Å². The summed E-state index contributed by atoms with van der Waals surface area (Å²) < 4.78 is 5.36. The molecule has 1 N–H and O–H groups in total. The van der Waals surface area contributed by atoms with Gasteiger partial charge in [0.15, 0.2) is 5.69 Å². The van der Waals surface area contributed by atoms with E-state index in [1.165, 1.54) is 6.20 Å². The molecular formula is C10H16N4O2. The van der Waals surface area contributed by atoms with Gasteiger partial charge in [-0.2, -0.15) is 15.4 Å². The van der Waals surface area contributed by atoms with Gasteiger partial charge in [0, 0.05) is 20.2 Å². The van der Waals surface area contributed by atoms with Crippen molar-refractivity contribution in [2.45, 2.75) is 19.4 Å². The fourth-order valence-electron chi connectivity index (χ4n) is 1.99. The summed E-state index contributed by atoms with van der Waals surface area (Å²) in [5.41, 5.74) is 0.365. The zero-order valence-corrected chi connectivity index (χ0v) is 9.51. The molecule has 2 heterocycles. The molecule has 2 unspecified atom stereocenters. The highest BCUT2D eigenvalue weighted by atomic mass is 16.5. The minimum Gasteiger partial charge on any atom is -0.379 e. The average Bonchev–Trinajstić information content (AvgIpc) is 2.82. The Kier molecular flexibility index (Phi) is 3.19. The highest BCUT2D eigenvalue weighted by Crippen LogP contribution is 2.20. The molecule has 6 nitrogen and oxygen atoms in total. The summed E-state index contributed by atoms with van der Waals surface area (Å²) in [5, 5.41) is 9.88. The zero-order chi connectivity index (χ0) is 11.5. The number of likely N-dealkylation sites (tertiary alicyclic amines) is 1. The van der Waals surface area contributed by atoms with Gasteiger partial charge in [-0.15, -0.1) is 0 Å². The average molecular weight is 224 g/mol. The number of piperidine rings is 1. The van der Waals surface area contributed by atoms with Crippen molar-refractivity contribution >= 4 is 5.91 Å². The lowest BCUT2D eigenvalue weighted by atomic mass is 9.95. The van der Waals surface area contributed by atoms with Crippen LogP contribution in [0.1, 0.15) is 23.8 Å². The van der Waals surface area contributed by atoms with Crippen molar-refractivity contribution < 1.29 is 9.53 Å². The van der Waals surface area contributed by atoms with Crippen molar-refractivity contribution in [3.8, 4) is 0 Å². The van der Waals surface area contributed by atoms with Gasteiger partial charge in [0.05, 0.1) is 12.3 Å². The number of aromatic amines is 1. The Hall–Kier alpha value is -1.43. The number of rotatable bonds is 2. The molecule has 0 radical (unpaired) electrons. The molecule has 1 saturated heterocycles. The van der Waals surface area contributed by atoms with Gasteiger partial charge in [0.25, 0.3) is 5.91 Å². The predicted octanol–water partition coefficient (Wildman–Crippen LogP) is 0.302. The third-order valence-corrected chi connectivity index (χ3v) is 3.11. The van der Waals surface area contributed by atoms with Crippen LogP contribution in [0.15, 0.2) is 6.20 Å². The van der Waals surface area contributed by atoms with Crippen LogP contribution in [-0.4, -0.2) is 52.5 Å². The first kappa shape index (κ1) is 11.1. The molecule has 88 valence electrons. The fraction of sp³-hybridized carbons (Fsp3) is 0.700. The summed E-state index contributed by atoms with van der Waals surface area (Å²) in [4.78, 5) is 13.7. The first-order chi connectivity index (χ1) is 7.72. The van der Waals surface area contributed by atoms with Gasteiger partial charge in [-0.25, -0.2) is 0 Å². The highest BCUT2D eigenvalue weighted by molar-refractivity contribution is 5.91. The van der Waals surface area contributed by atoms with E-state index in [1.807, 2.05) is 0 Å². The molecule has 1 fully saturated rings. The van der Waals surface area contributed by atoms with Gasteiger partial charge >= 0.3 is 0 Å². The quantitative estimate of drug-likeness (QED) is 0.784. The summed E-state index contributed by atoms with van der Waals surface area (Å²) in [5.74, 6) is 0.411. The Morgan fingerprint density at radius 3 is 3.12 bits per heavy atom. The maximum absolute atomic E-state index is 12.0. The standard InChI is InChI=1S/C10H16N4O2/c1-7-3-4-14(6-9(7)16-2)10(15)8-5-11-13-12-8/h5,7,9H,3-4,6H2,1-2H3,(H,11,12,13). The Labute approximate surface area is 94.0 Å². The second kappa shape index (κ2) is 4.61. The van der Waals surface area contributed by atoms with Crippen LogP contribution in [0.4, 0.5) is 0 Å². The minimum atomic E-state index is -0.0808. The molecule has 1 aliphatic rings. The van der Waals surface area contributed by atoms with Crippen LogP contribution in [0.3, 0.4) is 0 Å². The smallest absolute Gasteiger partial charge is 0.276 e. The largest absolute Gasteiger partial charge is 0.379 e. The number of ether oxygens (including phenoxy) is 1. The maximum Gasteiger partial charge on any atom is 0.276 e. The van der Waals surface area contributed by atoms with E-state index in [9.17, 15) is 4.79 Å². The van der Waals surface area contributed by atoms with Crippen molar-refractivity contribution in [2.75, 3.05) is 20.2 Å². The lowest BCUT2D eigenvalue weighted by Gasteiger charge is -2.35. The molecule has 0 aromatic carbocycles. The number of nitrogens with one attached hydrogen (secondary N) is 1. The van der Waals surface area contributed by atoms with Gasteiger partial charge in [-0.05, 0) is 12.3 Å². The van der Waals surface area contributed by atoms with Crippen molar-refractivity contribution in [3.05, 3.63) is 11.9 Å². The van der Waals surface area contributed by atoms with Crippen molar-refractivity contribution in [3.63, 3.8) is 0 Å². The molecule has 6 heteroatoms. The number of aromatic nitrogens is 3. The van der Waals surface area contributed by atoms with Crippen LogP contribution in [0.2, 0.25) is 0 Å². The van der Waals surface area contributed by atoms with Crippen molar-refractivity contribution in [1.82, 2.24) is 20.3 Å². The van der Waals surface area contributed by atoms with E-state index >= 15 is 0 Å². The first-order valence-electron chi connectivity index (χ1n) is 5.40. The summed E-state index contributed by atoms with van der Waals surface area (Å²) in [6.07, 6.45) is 2.52. The normalized spacial score (nSPS) is 25.8. The maximum atomic E-state index is 12.0. The number of hydrogen-bond donors (Lipinski definition) is 1. The molecule has 1 aromatic rings. The number of carbonyl (C=O) groups excluding carboxylic acids is 1. The molecule has 0 bridgehead atoms. The predicted molar refractivity (Wildman–Crippen MR) is 56.9 cm³/mol. The van der Waals surface area contributed by atoms with Gasteiger partial charge in [-0.1, -0.05) is 6.92 Å². The Balaban J connectivity index is 2.03. The summed E-state index contributed by atoms with van der Waals surface area (Å²) in [7, 11) is 1.69. The van der Waals surface area contributed by atoms with E-state index in [0.717, 1.165) is 13.0 Å². The zero-order valence-electron chi connectivity index (χ0n) is 9.51. The number of hydrogen-bond acceptors (Lipinski definition) is 4. The second-order valence-corrected chi connectivity index (χ2v) is 4.15. The SMILES string of the molecule is COC1CN(C(=O)c2cn[nH]n2)CCC1C. The van der Waals surface area contributed by atoms with Crippen LogP contribution < -0.4 is 0 Å². The molecule has 16 heavy (non-hydrogen) atoms. The van der Waals surface area contributed by atoms with Gasteiger partial charge in [-0.3, -0.25) is 4.79 Å². The number of methoxy groups -OCH3 is 1. The monoisotopic (exact) mass is 224 g/mol. The van der Waals surface area contributed by atoms with Crippen LogP contribution >= 0.6 is 0 Å². The van der Waals surface area contributed by atoms with Crippen LogP contribution in [-0.2, 0) is 4.74 Å². The van der Waals surface area contributed by atoms with Gasteiger partial charge in [0.2, 0.25) is 0 Å². The number of carbonyl (C=O) groups is 1. The van der Waals surface area contributed by atoms with Gasteiger partial charge < -0.3 is 9.64 Å². The molecule has 1 amide bonds. The third kappa shape index (κ3) is 2.06. The summed E-state index contributed by atoms with van der Waals surface area (Å²) >= 11 is 0. The molecule has 0 saturated carbocycles. The third-order valence-electron chi connectivity index (χ3n) is 3.11. The molecule has 2 atom stereocenters. The fourth-order valence-corrected chi connectivity index (χ4v) is 1.99. The van der Waals surface area contributed by atoms with E-state index < -0.39 is 0 Å². The van der Waals surface area contributed by atoms with Crippen LogP contribution in [0, 0.1) is 5.92 Å². The molecule has 0 aliphatic carbocycles. The van der Waals surface area contributed by atoms with Crippen LogP contribution in [0.25, 0.3) is 0 Å². The molecule has 0 spiro atoms. The number of nitrogens with zero attached hydrogens (tertiary/aromatic N) is 3. The van der Waals surface area contributed by atoms with Crippen molar-refractivity contribution in [1.29, 1.82) is 0 Å². The number of H-pyrrole nitrogens is 1. The molecule has 1 aliphatic heterocycles. The summed E-state index contributed by atoms with van der Waals surface area (Å²) in [6.45, 7) is 3.53. The Morgan fingerprint density at radius 1 is 1.69 bits per heavy atom. The van der Waals surface area contributed by atoms with E-state index in [2.05, 4.69) is 22.3 Å². The lowest BCUT2D eigenvalue weighted by Crippen LogP contribution is -2.46. The lowest BCUT2D eigenvalue weighted by molar-refractivity contribution is -0.00177. The van der Waals surface area contributed by atoms with Crippen LogP contribution in [0.5, 0.6) is 0 Å². The number of amides is 1. The van der Waals surface area contributed by atoms with E-state index in [-0.39, 0.29) is 12.0 Å². The topological polar surface area (TPSA) is 71.1 Å². The second-order valence-electron chi connectivity index (χ2n) is 4.15. The first-order valence-corrected chi connectivity index (χ1v) is 5.40. The molecule has 2 rings (SSSR count). The Morgan fingerprint density at radius 2 is 2.50 bits per heavy atom. The van der Waals surface area contributed by atoms with E-state index in [1.54, 1.807) is 12.0 Å².